The molecule has 414 valence electrons. The van der Waals surface area contributed by atoms with Crippen molar-refractivity contribution in [3.63, 3.8) is 0 Å². The van der Waals surface area contributed by atoms with Gasteiger partial charge >= 0.3 is 19.8 Å². The quantitative estimate of drug-likeness (QED) is 0.0145. The number of carbonyl (C=O) groups excluding carboxylic acids is 2. The summed E-state index contributed by atoms with van der Waals surface area (Å²) in [6, 6.07) is 0. The SMILES string of the molecule is CCCCCCCCC/C=C/C/C=C/C/C=C/C/C=C/CCCC(=O)OC[C@@H](COP(=O)(O)OC1C(O)C(O)C(O)[C@H](O)C1O)OC(=O)CCCCCCCCCCCCCCCCCCCCCCC. The molecular formula is C57H103O13P. The highest BCUT2D eigenvalue weighted by Gasteiger charge is 2.51. The number of aliphatic hydroxyl groups excluding tert-OH is 5. The minimum atomic E-state index is -5.14. The van der Waals surface area contributed by atoms with Crippen LogP contribution in [0, 0.1) is 0 Å². The Kier molecular flexibility index (Phi) is 43.6. The fraction of sp³-hybridized carbons (Fsp3) is 0.825. The highest BCUT2D eigenvalue weighted by molar-refractivity contribution is 7.47. The van der Waals surface area contributed by atoms with E-state index in [-0.39, 0.29) is 12.8 Å². The summed E-state index contributed by atoms with van der Waals surface area (Å²) in [4.78, 5) is 35.9. The van der Waals surface area contributed by atoms with E-state index in [0.29, 0.717) is 19.3 Å². The number of rotatable bonds is 48. The molecule has 1 fully saturated rings. The number of unbranched alkanes of at least 4 members (excludes halogenated alkanes) is 28. The Morgan fingerprint density at radius 2 is 0.775 bits per heavy atom. The molecule has 71 heavy (non-hydrogen) atoms. The van der Waals surface area contributed by atoms with Gasteiger partial charge in [0.1, 0.15) is 43.2 Å². The maximum absolute atomic E-state index is 12.9. The van der Waals surface area contributed by atoms with Gasteiger partial charge in [-0.15, -0.1) is 0 Å². The van der Waals surface area contributed by atoms with Crippen LogP contribution in [0.5, 0.6) is 0 Å². The molecule has 0 aromatic heterocycles. The summed E-state index contributed by atoms with van der Waals surface area (Å²) in [7, 11) is -5.14. The van der Waals surface area contributed by atoms with E-state index in [1.807, 2.05) is 12.2 Å². The molecule has 0 spiro atoms. The maximum Gasteiger partial charge on any atom is 0.472 e. The van der Waals surface area contributed by atoms with E-state index in [1.165, 1.54) is 148 Å². The average Bonchev–Trinajstić information content (AvgIpc) is 3.35. The van der Waals surface area contributed by atoms with Gasteiger partial charge in [0.05, 0.1) is 6.61 Å². The van der Waals surface area contributed by atoms with Crippen LogP contribution in [0.15, 0.2) is 48.6 Å². The van der Waals surface area contributed by atoms with Gasteiger partial charge in [0, 0.05) is 12.8 Å². The molecule has 14 heteroatoms. The van der Waals surface area contributed by atoms with Crippen LogP contribution in [-0.2, 0) is 32.7 Å². The molecule has 1 saturated carbocycles. The number of carbonyl (C=O) groups is 2. The van der Waals surface area contributed by atoms with Crippen molar-refractivity contribution in [1.29, 1.82) is 0 Å². The van der Waals surface area contributed by atoms with Crippen LogP contribution in [0.2, 0.25) is 0 Å². The number of phosphoric acid groups is 1. The predicted molar refractivity (Wildman–Crippen MR) is 286 cm³/mol. The standard InChI is InChI=1S/C57H103O13P/c1-3-5-7-9-11-13-15-17-19-21-23-25-27-29-31-33-35-37-39-41-43-45-50(58)67-47-49(48-68-71(65,66)70-57-55(63)53(61)52(60)54(62)56(57)64)69-51(59)46-44-42-40-38-36-34-32-30-28-26-24-22-20-18-16-14-12-10-8-6-4-2/h19,21,25,27,31,33,37,39,49,52-57,60-64H,3-18,20,22-24,26,28-30,32,34-36,38,40-48H2,1-2H3,(H,65,66)/b21-19+,27-25+,33-31+,39-37+/t49-,52?,53-,54?,55?,56?,57?/m0/s1. The van der Waals surface area contributed by atoms with Crippen molar-refractivity contribution in [2.75, 3.05) is 13.2 Å². The lowest BCUT2D eigenvalue weighted by Gasteiger charge is -2.41. The summed E-state index contributed by atoms with van der Waals surface area (Å²) in [5.74, 6) is -1.15. The zero-order valence-corrected chi connectivity index (χ0v) is 45.4. The number of hydrogen-bond donors (Lipinski definition) is 6. The second kappa shape index (κ2) is 46.3. The first-order valence-electron chi connectivity index (χ1n) is 28.4. The molecule has 0 bridgehead atoms. The van der Waals surface area contributed by atoms with Gasteiger partial charge in [0.25, 0.3) is 0 Å². The maximum atomic E-state index is 12.9. The molecule has 6 N–H and O–H groups in total. The molecule has 1 aliphatic rings. The van der Waals surface area contributed by atoms with Crippen molar-refractivity contribution in [1.82, 2.24) is 0 Å². The lowest BCUT2D eigenvalue weighted by Crippen LogP contribution is -2.64. The van der Waals surface area contributed by atoms with Crippen molar-refractivity contribution in [3.05, 3.63) is 48.6 Å². The van der Waals surface area contributed by atoms with Gasteiger partial charge in [-0.25, -0.2) is 4.57 Å². The molecule has 8 atom stereocenters. The summed E-state index contributed by atoms with van der Waals surface area (Å²) in [6.07, 6.45) is 44.5. The van der Waals surface area contributed by atoms with Crippen molar-refractivity contribution in [2.24, 2.45) is 0 Å². The first-order valence-corrected chi connectivity index (χ1v) is 29.9. The smallest absolute Gasteiger partial charge is 0.462 e. The molecule has 6 unspecified atom stereocenters. The number of hydrogen-bond acceptors (Lipinski definition) is 12. The first-order chi connectivity index (χ1) is 34.4. The molecular weight excluding hydrogens is 924 g/mol. The van der Waals surface area contributed by atoms with Crippen LogP contribution >= 0.6 is 7.82 Å². The Bertz CT molecular complexity index is 1420. The summed E-state index contributed by atoms with van der Waals surface area (Å²) in [6.45, 7) is 3.30. The van der Waals surface area contributed by atoms with Crippen LogP contribution in [0.3, 0.4) is 0 Å². The third-order valence-electron chi connectivity index (χ3n) is 13.2. The summed E-state index contributed by atoms with van der Waals surface area (Å²) < 4.78 is 33.7. The van der Waals surface area contributed by atoms with Crippen LogP contribution in [0.4, 0.5) is 0 Å². The monoisotopic (exact) mass is 1030 g/mol. The predicted octanol–water partition coefficient (Wildman–Crippen LogP) is 13.1. The van der Waals surface area contributed by atoms with E-state index < -0.39 is 75.7 Å². The molecule has 1 rings (SSSR count). The molecule has 1 aliphatic carbocycles. The lowest BCUT2D eigenvalue weighted by atomic mass is 9.85. The van der Waals surface area contributed by atoms with Crippen molar-refractivity contribution >= 4 is 19.8 Å². The molecule has 13 nitrogen and oxygen atoms in total. The molecule has 0 aliphatic heterocycles. The highest BCUT2D eigenvalue weighted by atomic mass is 31.2. The summed E-state index contributed by atoms with van der Waals surface area (Å²) >= 11 is 0. The van der Waals surface area contributed by atoms with Gasteiger partial charge in [-0.05, 0) is 51.4 Å². The molecule has 0 amide bonds. The zero-order chi connectivity index (χ0) is 52.1. The van der Waals surface area contributed by atoms with Gasteiger partial charge in [-0.1, -0.05) is 229 Å². The Morgan fingerprint density at radius 1 is 0.437 bits per heavy atom. The third-order valence-corrected chi connectivity index (χ3v) is 14.2. The molecule has 0 heterocycles. The largest absolute Gasteiger partial charge is 0.472 e. The first kappa shape index (κ1) is 66.8. The van der Waals surface area contributed by atoms with Crippen LogP contribution in [0.25, 0.3) is 0 Å². The van der Waals surface area contributed by atoms with E-state index >= 15 is 0 Å². The van der Waals surface area contributed by atoms with Gasteiger partial charge < -0.3 is 39.9 Å². The molecule has 0 saturated heterocycles. The normalized spacial score (nSPS) is 21.0. The van der Waals surface area contributed by atoms with Gasteiger partial charge in [0.2, 0.25) is 0 Å². The Hall–Kier alpha value is -2.19. The van der Waals surface area contributed by atoms with Crippen LogP contribution in [-0.4, -0.2) is 98.3 Å². The fourth-order valence-corrected chi connectivity index (χ4v) is 9.61. The lowest BCUT2D eigenvalue weighted by molar-refractivity contribution is -0.220. The molecule has 0 aromatic rings. The zero-order valence-electron chi connectivity index (χ0n) is 44.5. The number of phosphoric ester groups is 1. The number of allylic oxidation sites excluding steroid dienone is 8. The Balaban J connectivity index is 2.39. The van der Waals surface area contributed by atoms with Crippen molar-refractivity contribution < 1.29 is 63.1 Å². The van der Waals surface area contributed by atoms with Crippen molar-refractivity contribution in [2.45, 2.75) is 288 Å². The van der Waals surface area contributed by atoms with Crippen LogP contribution < -0.4 is 0 Å². The van der Waals surface area contributed by atoms with Gasteiger partial charge in [-0.2, -0.15) is 0 Å². The molecule has 0 radical (unpaired) electrons. The third kappa shape index (κ3) is 38.1. The second-order valence-electron chi connectivity index (χ2n) is 19.8. The van der Waals surface area contributed by atoms with Gasteiger partial charge in [-0.3, -0.25) is 18.6 Å². The fourth-order valence-electron chi connectivity index (χ4n) is 8.64. The van der Waals surface area contributed by atoms with E-state index in [9.17, 15) is 44.6 Å². The molecule has 0 aromatic carbocycles. The van der Waals surface area contributed by atoms with Crippen molar-refractivity contribution in [3.8, 4) is 0 Å². The second-order valence-corrected chi connectivity index (χ2v) is 21.2. The van der Waals surface area contributed by atoms with Gasteiger partial charge in [0.15, 0.2) is 6.10 Å². The number of esters is 2. The highest BCUT2D eigenvalue weighted by Crippen LogP contribution is 2.47. The van der Waals surface area contributed by atoms with E-state index in [1.54, 1.807) is 0 Å². The van der Waals surface area contributed by atoms with E-state index in [2.05, 4.69) is 50.3 Å². The average molecular weight is 1030 g/mol. The number of aliphatic hydroxyl groups is 5. The van der Waals surface area contributed by atoms with Crippen LogP contribution in [0.1, 0.15) is 245 Å². The topological polar surface area (TPSA) is 210 Å². The Morgan fingerprint density at radius 3 is 1.20 bits per heavy atom. The Labute approximate surface area is 431 Å². The van der Waals surface area contributed by atoms with E-state index in [4.69, 9.17) is 18.5 Å². The summed E-state index contributed by atoms with van der Waals surface area (Å²) in [5, 5.41) is 50.4. The minimum absolute atomic E-state index is 0.0879. The number of ether oxygens (including phenoxy) is 2. The van der Waals surface area contributed by atoms with E-state index in [0.717, 1.165) is 51.4 Å². The summed E-state index contributed by atoms with van der Waals surface area (Å²) in [5.41, 5.74) is 0. The minimum Gasteiger partial charge on any atom is -0.462 e.